The highest BCUT2D eigenvalue weighted by Gasteiger charge is 2.21. The topological polar surface area (TPSA) is 79.8 Å². The Labute approximate surface area is 169 Å². The molecule has 1 unspecified atom stereocenters. The van der Waals surface area contributed by atoms with Gasteiger partial charge in [0.1, 0.15) is 12.5 Å². The van der Waals surface area contributed by atoms with E-state index in [4.69, 9.17) is 23.9 Å². The second kappa shape index (κ2) is 9.45. The van der Waals surface area contributed by atoms with Gasteiger partial charge in [-0.25, -0.2) is 14.8 Å². The van der Waals surface area contributed by atoms with Crippen molar-refractivity contribution in [3.05, 3.63) is 53.6 Å². The summed E-state index contributed by atoms with van der Waals surface area (Å²) in [6, 6.07) is 13.0. The minimum atomic E-state index is -0.480. The smallest absolute Gasteiger partial charge is 0.340 e. The van der Waals surface area contributed by atoms with Crippen molar-refractivity contribution >= 4 is 16.9 Å². The lowest BCUT2D eigenvalue weighted by Gasteiger charge is -2.18. The van der Waals surface area contributed by atoms with Gasteiger partial charge >= 0.3 is 5.97 Å². The van der Waals surface area contributed by atoms with Crippen molar-refractivity contribution < 1.29 is 23.7 Å². The summed E-state index contributed by atoms with van der Waals surface area (Å²) in [5, 5.41) is 0.842. The largest absolute Gasteiger partial charge is 0.481 e. The van der Waals surface area contributed by atoms with Crippen molar-refractivity contribution in [1.29, 1.82) is 0 Å². The Bertz CT molecular complexity index is 1010. The number of hydrogen-bond acceptors (Lipinski definition) is 7. The number of para-hydroxylation sites is 1. The number of carbonyl (C=O) groups excluding carboxylic acids is 1. The molecule has 2 heterocycles. The minimum Gasteiger partial charge on any atom is -0.481 e. The van der Waals surface area contributed by atoms with Crippen LogP contribution in [0, 0.1) is 0 Å². The van der Waals surface area contributed by atoms with Crippen LogP contribution in [0.2, 0.25) is 0 Å². The van der Waals surface area contributed by atoms with Gasteiger partial charge in [-0.1, -0.05) is 25.1 Å². The van der Waals surface area contributed by atoms with Gasteiger partial charge in [0, 0.05) is 18.6 Å². The lowest BCUT2D eigenvalue weighted by molar-refractivity contribution is -0.0743. The Hall–Kier alpha value is -3.03. The molecule has 2 aromatic heterocycles. The van der Waals surface area contributed by atoms with Gasteiger partial charge in [-0.3, -0.25) is 0 Å². The van der Waals surface area contributed by atoms with E-state index in [0.29, 0.717) is 22.8 Å². The van der Waals surface area contributed by atoms with E-state index >= 15 is 0 Å². The zero-order chi connectivity index (χ0) is 20.8. The van der Waals surface area contributed by atoms with Gasteiger partial charge in [0.25, 0.3) is 0 Å². The molecule has 152 valence electrons. The van der Waals surface area contributed by atoms with Crippen molar-refractivity contribution in [2.45, 2.75) is 19.4 Å². The minimum absolute atomic E-state index is 0.167. The van der Waals surface area contributed by atoms with E-state index in [1.54, 1.807) is 20.3 Å². The molecule has 0 amide bonds. The molecule has 0 bridgehead atoms. The number of nitrogens with zero attached hydrogens (tertiary/aromatic N) is 2. The second-order valence-corrected chi connectivity index (χ2v) is 6.37. The Morgan fingerprint density at radius 3 is 2.55 bits per heavy atom. The number of pyridine rings is 2. The second-order valence-electron chi connectivity index (χ2n) is 6.37. The molecule has 0 fully saturated rings. The number of ether oxygens (including phenoxy) is 4. The summed E-state index contributed by atoms with van der Waals surface area (Å²) in [5.74, 6) is -0.0742. The molecule has 7 nitrogen and oxygen atoms in total. The van der Waals surface area contributed by atoms with Gasteiger partial charge in [-0.15, -0.1) is 0 Å². The SMILES string of the molecule is CCC(OCOC)c1cc(OC)nc(-c2nc3ccccc3cc2C(=O)OC)c1. The van der Waals surface area contributed by atoms with Gasteiger partial charge in [-0.05, 0) is 30.2 Å². The Balaban J connectivity index is 2.19. The Morgan fingerprint density at radius 1 is 1.07 bits per heavy atom. The summed E-state index contributed by atoms with van der Waals surface area (Å²) in [7, 11) is 4.46. The monoisotopic (exact) mass is 396 g/mol. The average Bonchev–Trinajstić information content (AvgIpc) is 2.77. The quantitative estimate of drug-likeness (QED) is 0.418. The number of hydrogen-bond donors (Lipinski definition) is 0. The molecule has 3 aromatic rings. The Kier molecular flexibility index (Phi) is 6.74. The first-order chi connectivity index (χ1) is 14.1. The maximum absolute atomic E-state index is 12.5. The number of rotatable bonds is 8. The van der Waals surface area contributed by atoms with E-state index in [1.807, 2.05) is 43.3 Å². The predicted octanol–water partition coefficient (Wildman–Crippen LogP) is 4.16. The molecular formula is C22H24N2O5. The van der Waals surface area contributed by atoms with Crippen molar-refractivity contribution in [1.82, 2.24) is 9.97 Å². The number of methoxy groups -OCH3 is 3. The normalized spacial score (nSPS) is 12.0. The van der Waals surface area contributed by atoms with Gasteiger partial charge in [0.15, 0.2) is 0 Å². The first kappa shape index (κ1) is 20.7. The summed E-state index contributed by atoms with van der Waals surface area (Å²) in [5.41, 5.74) is 2.88. The van der Waals surface area contributed by atoms with E-state index in [9.17, 15) is 4.79 Å². The number of carbonyl (C=O) groups is 1. The van der Waals surface area contributed by atoms with Crippen LogP contribution >= 0.6 is 0 Å². The zero-order valence-corrected chi connectivity index (χ0v) is 17.0. The molecule has 0 spiro atoms. The van der Waals surface area contributed by atoms with Crippen LogP contribution in [-0.4, -0.2) is 44.1 Å². The fourth-order valence-electron chi connectivity index (χ4n) is 3.11. The summed E-state index contributed by atoms with van der Waals surface area (Å²) in [6.45, 7) is 2.18. The highest BCUT2D eigenvalue weighted by molar-refractivity contribution is 6.00. The molecule has 1 aromatic carbocycles. The lowest BCUT2D eigenvalue weighted by atomic mass is 10.0. The maximum atomic E-state index is 12.5. The van der Waals surface area contributed by atoms with Gasteiger partial charge in [-0.2, -0.15) is 0 Å². The third-order valence-corrected chi connectivity index (χ3v) is 4.53. The standard InChI is InChI=1S/C22H24N2O5/c1-5-19(29-13-26-2)15-11-18(23-20(12-15)27-3)21-16(22(25)28-4)10-14-8-6-7-9-17(14)24-21/h6-12,19H,5,13H2,1-4H3. The van der Waals surface area contributed by atoms with E-state index in [0.717, 1.165) is 22.9 Å². The van der Waals surface area contributed by atoms with Crippen LogP contribution in [0.3, 0.4) is 0 Å². The van der Waals surface area contributed by atoms with Crippen molar-refractivity contribution in [2.24, 2.45) is 0 Å². The van der Waals surface area contributed by atoms with Crippen LogP contribution in [0.4, 0.5) is 0 Å². The number of fused-ring (bicyclic) bond motifs is 1. The molecule has 1 atom stereocenters. The fourth-order valence-corrected chi connectivity index (χ4v) is 3.11. The number of esters is 1. The number of benzene rings is 1. The molecule has 0 aliphatic heterocycles. The molecule has 7 heteroatoms. The van der Waals surface area contributed by atoms with E-state index in [-0.39, 0.29) is 12.9 Å². The Morgan fingerprint density at radius 2 is 1.86 bits per heavy atom. The van der Waals surface area contributed by atoms with Crippen LogP contribution in [0.15, 0.2) is 42.5 Å². The van der Waals surface area contributed by atoms with Crippen molar-refractivity contribution in [3.8, 4) is 17.3 Å². The summed E-state index contributed by atoms with van der Waals surface area (Å²) in [4.78, 5) is 21.7. The summed E-state index contributed by atoms with van der Waals surface area (Å²) >= 11 is 0. The molecule has 0 aliphatic rings. The predicted molar refractivity (Wildman–Crippen MR) is 109 cm³/mol. The average molecular weight is 396 g/mol. The molecule has 0 saturated heterocycles. The molecule has 29 heavy (non-hydrogen) atoms. The van der Waals surface area contributed by atoms with Gasteiger partial charge in [0.05, 0.1) is 37.1 Å². The summed E-state index contributed by atoms with van der Waals surface area (Å²) < 4.78 is 21.2. The van der Waals surface area contributed by atoms with Gasteiger partial charge < -0.3 is 18.9 Å². The first-order valence-corrected chi connectivity index (χ1v) is 9.26. The molecule has 0 aliphatic carbocycles. The first-order valence-electron chi connectivity index (χ1n) is 9.26. The van der Waals surface area contributed by atoms with Crippen molar-refractivity contribution in [2.75, 3.05) is 28.1 Å². The fraction of sp³-hybridized carbons (Fsp3) is 0.318. The van der Waals surface area contributed by atoms with Crippen molar-refractivity contribution in [3.63, 3.8) is 0 Å². The van der Waals surface area contributed by atoms with Crippen LogP contribution in [0.25, 0.3) is 22.3 Å². The maximum Gasteiger partial charge on any atom is 0.340 e. The third kappa shape index (κ3) is 4.52. The highest BCUT2D eigenvalue weighted by Crippen LogP contribution is 2.31. The van der Waals surface area contributed by atoms with Gasteiger partial charge in [0.2, 0.25) is 5.88 Å². The number of aromatic nitrogens is 2. The van der Waals surface area contributed by atoms with E-state index < -0.39 is 5.97 Å². The lowest BCUT2D eigenvalue weighted by Crippen LogP contribution is -2.09. The van der Waals surface area contributed by atoms with Crippen LogP contribution in [-0.2, 0) is 14.2 Å². The van der Waals surface area contributed by atoms with Crippen LogP contribution < -0.4 is 4.74 Å². The molecule has 0 N–H and O–H groups in total. The van der Waals surface area contributed by atoms with Crippen LogP contribution in [0.1, 0.15) is 35.4 Å². The van der Waals surface area contributed by atoms with Crippen LogP contribution in [0.5, 0.6) is 5.88 Å². The van der Waals surface area contributed by atoms with E-state index in [2.05, 4.69) is 4.98 Å². The molecule has 0 saturated carbocycles. The van der Waals surface area contributed by atoms with E-state index in [1.165, 1.54) is 7.11 Å². The third-order valence-electron chi connectivity index (χ3n) is 4.53. The highest BCUT2D eigenvalue weighted by atomic mass is 16.7. The molecular weight excluding hydrogens is 372 g/mol. The zero-order valence-electron chi connectivity index (χ0n) is 17.0. The summed E-state index contributed by atoms with van der Waals surface area (Å²) in [6.07, 6.45) is 0.512. The molecule has 0 radical (unpaired) electrons. The molecule has 3 rings (SSSR count).